The summed E-state index contributed by atoms with van der Waals surface area (Å²) in [4.78, 5) is 11.0. The van der Waals surface area contributed by atoms with Crippen molar-refractivity contribution in [1.82, 2.24) is 0 Å². The maximum atomic E-state index is 11.0. The highest BCUT2D eigenvalue weighted by Gasteiger charge is 2.41. The summed E-state index contributed by atoms with van der Waals surface area (Å²) >= 11 is 0. The van der Waals surface area contributed by atoms with Crippen LogP contribution in [0.15, 0.2) is 42.5 Å². The lowest BCUT2D eigenvalue weighted by Crippen LogP contribution is -2.17. The van der Waals surface area contributed by atoms with Crippen molar-refractivity contribution in [3.05, 3.63) is 70.3 Å². The molecule has 3 rings (SSSR count). The second-order valence-corrected chi connectivity index (χ2v) is 8.46. The molecule has 0 aromatic heterocycles. The number of carboxylic acid groups (broad SMARTS) is 1. The van der Waals surface area contributed by atoms with E-state index < -0.39 is 5.97 Å². The minimum Gasteiger partial charge on any atom is -0.478 e. The van der Waals surface area contributed by atoms with Gasteiger partial charge in [-0.1, -0.05) is 64.1 Å². The molecule has 0 spiro atoms. The van der Waals surface area contributed by atoms with Crippen molar-refractivity contribution in [2.75, 3.05) is 0 Å². The Morgan fingerprint density at radius 3 is 2.08 bits per heavy atom. The fourth-order valence-corrected chi connectivity index (χ4v) is 4.29. The highest BCUT2D eigenvalue weighted by atomic mass is 16.4. The van der Waals surface area contributed by atoms with E-state index in [1.54, 1.807) is 12.1 Å². The van der Waals surface area contributed by atoms with Crippen LogP contribution >= 0.6 is 0 Å². The Kier molecular flexibility index (Phi) is 4.10. The number of hydrogen-bond acceptors (Lipinski definition) is 1. The maximum Gasteiger partial charge on any atom is 0.335 e. The normalized spacial score (nSPS) is 18.0. The van der Waals surface area contributed by atoms with Gasteiger partial charge < -0.3 is 5.11 Å². The number of rotatable bonds is 3. The molecule has 1 aliphatic rings. The SMILES string of the molecule is C/C(=C\c1ccc(C(=O)O)cc1)c1ccc2c(c1)C(C)(C)CC2(C)C. The van der Waals surface area contributed by atoms with E-state index in [4.69, 9.17) is 5.11 Å². The monoisotopic (exact) mass is 334 g/mol. The van der Waals surface area contributed by atoms with Crippen molar-refractivity contribution < 1.29 is 9.90 Å². The largest absolute Gasteiger partial charge is 0.478 e. The summed E-state index contributed by atoms with van der Waals surface area (Å²) in [6, 6.07) is 13.8. The Bertz CT molecular complexity index is 852. The van der Waals surface area contributed by atoms with Gasteiger partial charge in [-0.05, 0) is 64.1 Å². The third-order valence-electron chi connectivity index (χ3n) is 5.36. The van der Waals surface area contributed by atoms with E-state index in [1.807, 2.05) is 12.1 Å². The van der Waals surface area contributed by atoms with Crippen LogP contribution < -0.4 is 0 Å². The predicted octanol–water partition coefficient (Wildman–Crippen LogP) is 5.90. The first-order valence-electron chi connectivity index (χ1n) is 8.77. The van der Waals surface area contributed by atoms with E-state index in [0.717, 1.165) is 12.0 Å². The van der Waals surface area contributed by atoms with Crippen LogP contribution in [0.2, 0.25) is 0 Å². The van der Waals surface area contributed by atoms with Crippen LogP contribution in [0.4, 0.5) is 0 Å². The third-order valence-corrected chi connectivity index (χ3v) is 5.36. The summed E-state index contributed by atoms with van der Waals surface area (Å²) in [7, 11) is 0. The summed E-state index contributed by atoms with van der Waals surface area (Å²) in [6.45, 7) is 11.4. The Morgan fingerprint density at radius 2 is 1.48 bits per heavy atom. The summed E-state index contributed by atoms with van der Waals surface area (Å²) in [5, 5.41) is 9.00. The van der Waals surface area contributed by atoms with Gasteiger partial charge in [0.05, 0.1) is 5.56 Å². The molecule has 2 heteroatoms. The molecule has 0 radical (unpaired) electrons. The van der Waals surface area contributed by atoms with Gasteiger partial charge in [0.15, 0.2) is 0 Å². The predicted molar refractivity (Wildman–Crippen MR) is 104 cm³/mol. The molecule has 1 aliphatic carbocycles. The van der Waals surface area contributed by atoms with Crippen LogP contribution in [-0.4, -0.2) is 11.1 Å². The molecule has 0 saturated heterocycles. The summed E-state index contributed by atoms with van der Waals surface area (Å²) < 4.78 is 0. The van der Waals surface area contributed by atoms with Crippen LogP contribution in [-0.2, 0) is 10.8 Å². The van der Waals surface area contributed by atoms with Gasteiger partial charge in [0.2, 0.25) is 0 Å². The van der Waals surface area contributed by atoms with E-state index in [1.165, 1.54) is 22.3 Å². The molecule has 0 amide bonds. The molecule has 2 nitrogen and oxygen atoms in total. The summed E-state index contributed by atoms with van der Waals surface area (Å²) in [6.07, 6.45) is 3.28. The van der Waals surface area contributed by atoms with Gasteiger partial charge in [0, 0.05) is 0 Å². The number of aromatic carboxylic acids is 1. The van der Waals surface area contributed by atoms with E-state index in [-0.39, 0.29) is 10.8 Å². The summed E-state index contributed by atoms with van der Waals surface area (Å²) in [5.74, 6) is -0.893. The van der Waals surface area contributed by atoms with Crippen molar-refractivity contribution >= 4 is 17.6 Å². The Balaban J connectivity index is 1.96. The summed E-state index contributed by atoms with van der Waals surface area (Å²) in [5.41, 5.74) is 7.07. The first-order chi connectivity index (χ1) is 11.6. The third kappa shape index (κ3) is 3.26. The molecule has 0 bridgehead atoms. The molecule has 0 atom stereocenters. The molecular weight excluding hydrogens is 308 g/mol. The first kappa shape index (κ1) is 17.5. The van der Waals surface area contributed by atoms with E-state index in [2.05, 4.69) is 58.9 Å². The fourth-order valence-electron chi connectivity index (χ4n) is 4.29. The number of fused-ring (bicyclic) bond motifs is 1. The molecule has 0 heterocycles. The topological polar surface area (TPSA) is 37.3 Å². The highest BCUT2D eigenvalue weighted by molar-refractivity contribution is 5.88. The minimum atomic E-state index is -0.893. The van der Waals surface area contributed by atoms with Gasteiger partial charge >= 0.3 is 5.97 Å². The lowest BCUT2D eigenvalue weighted by molar-refractivity contribution is 0.0697. The lowest BCUT2D eigenvalue weighted by atomic mass is 9.82. The Labute approximate surface area is 150 Å². The second-order valence-electron chi connectivity index (χ2n) is 8.46. The molecule has 1 N–H and O–H groups in total. The van der Waals surface area contributed by atoms with Gasteiger partial charge in [0.25, 0.3) is 0 Å². The second kappa shape index (κ2) is 5.87. The smallest absolute Gasteiger partial charge is 0.335 e. The van der Waals surface area contributed by atoms with Crippen LogP contribution in [0, 0.1) is 0 Å². The minimum absolute atomic E-state index is 0.193. The van der Waals surface area contributed by atoms with E-state index in [0.29, 0.717) is 5.56 Å². The molecule has 2 aromatic rings. The number of hydrogen-bond donors (Lipinski definition) is 1. The molecule has 0 saturated carbocycles. The highest BCUT2D eigenvalue weighted by Crippen LogP contribution is 2.49. The van der Waals surface area contributed by atoms with Crippen molar-refractivity contribution in [2.24, 2.45) is 0 Å². The standard InChI is InChI=1S/C23H26O2/c1-15(12-16-6-8-17(9-7-16)21(24)25)18-10-11-19-20(13-18)23(4,5)14-22(19,2)3/h6-13H,14H2,1-5H3,(H,24,25)/b15-12+. The van der Waals surface area contributed by atoms with Crippen LogP contribution in [0.3, 0.4) is 0 Å². The maximum absolute atomic E-state index is 11.0. The number of allylic oxidation sites excluding steroid dienone is 1. The quantitative estimate of drug-likeness (QED) is 0.709. The molecule has 130 valence electrons. The van der Waals surface area contributed by atoms with E-state index >= 15 is 0 Å². The number of carbonyl (C=O) groups is 1. The first-order valence-corrected chi connectivity index (χ1v) is 8.77. The molecule has 25 heavy (non-hydrogen) atoms. The Morgan fingerprint density at radius 1 is 0.920 bits per heavy atom. The number of carboxylic acids is 1. The van der Waals surface area contributed by atoms with Crippen molar-refractivity contribution in [3.63, 3.8) is 0 Å². The number of benzene rings is 2. The van der Waals surface area contributed by atoms with Gasteiger partial charge in [-0.15, -0.1) is 0 Å². The molecule has 2 aromatic carbocycles. The zero-order valence-electron chi connectivity index (χ0n) is 15.7. The van der Waals surface area contributed by atoms with E-state index in [9.17, 15) is 4.79 Å². The van der Waals surface area contributed by atoms with Crippen molar-refractivity contribution in [1.29, 1.82) is 0 Å². The Hall–Kier alpha value is -2.35. The van der Waals surface area contributed by atoms with Gasteiger partial charge in [-0.2, -0.15) is 0 Å². The van der Waals surface area contributed by atoms with Crippen molar-refractivity contribution in [2.45, 2.75) is 51.9 Å². The molecule has 0 fully saturated rings. The van der Waals surface area contributed by atoms with Crippen LogP contribution in [0.5, 0.6) is 0 Å². The average Bonchev–Trinajstić information content (AvgIpc) is 2.72. The fraction of sp³-hybridized carbons (Fsp3) is 0.348. The molecule has 0 unspecified atom stereocenters. The van der Waals surface area contributed by atoms with Gasteiger partial charge in [0.1, 0.15) is 0 Å². The van der Waals surface area contributed by atoms with Crippen LogP contribution in [0.1, 0.15) is 73.7 Å². The lowest BCUT2D eigenvalue weighted by Gasteiger charge is -2.22. The average molecular weight is 334 g/mol. The van der Waals surface area contributed by atoms with Crippen LogP contribution in [0.25, 0.3) is 11.6 Å². The van der Waals surface area contributed by atoms with Gasteiger partial charge in [-0.25, -0.2) is 4.79 Å². The van der Waals surface area contributed by atoms with Gasteiger partial charge in [-0.3, -0.25) is 0 Å². The van der Waals surface area contributed by atoms with Crippen molar-refractivity contribution in [3.8, 4) is 0 Å². The zero-order chi connectivity index (χ0) is 18.4. The zero-order valence-corrected chi connectivity index (χ0v) is 15.7. The molecule has 0 aliphatic heterocycles. The molecular formula is C23H26O2.